The number of ether oxygens (including phenoxy) is 1. The average Bonchev–Trinajstić information content (AvgIpc) is 3.29. The standard InChI is InChI=1S/C21H27N5O2/c1-21(2,3)28-20(27)23-15-9-12-26(13-15)19-16-5-4-6-17(16)24-18(25-19)14-7-10-22-11-8-14/h7-8,10-11,15H,4-6,9,12-13H2,1-3H3,(H,23,27). The highest BCUT2D eigenvalue weighted by Crippen LogP contribution is 2.33. The first-order chi connectivity index (χ1) is 13.4. The Morgan fingerprint density at radius 2 is 2.00 bits per heavy atom. The molecule has 0 radical (unpaired) electrons. The van der Waals surface area contributed by atoms with Crippen LogP contribution in [0.25, 0.3) is 11.4 Å². The fraction of sp³-hybridized carbons (Fsp3) is 0.524. The van der Waals surface area contributed by atoms with Crippen molar-refractivity contribution in [3.05, 3.63) is 35.8 Å². The summed E-state index contributed by atoms with van der Waals surface area (Å²) < 4.78 is 5.39. The number of rotatable bonds is 3. The number of nitrogens with zero attached hydrogens (tertiary/aromatic N) is 4. The molecule has 1 saturated heterocycles. The number of fused-ring (bicyclic) bond motifs is 1. The van der Waals surface area contributed by atoms with Gasteiger partial charge in [-0.25, -0.2) is 14.8 Å². The lowest BCUT2D eigenvalue weighted by molar-refractivity contribution is 0.0509. The minimum atomic E-state index is -0.491. The van der Waals surface area contributed by atoms with Gasteiger partial charge in [0.2, 0.25) is 0 Å². The zero-order valence-corrected chi connectivity index (χ0v) is 16.7. The molecule has 0 bridgehead atoms. The number of nitrogens with one attached hydrogen (secondary N) is 1. The fourth-order valence-corrected chi connectivity index (χ4v) is 3.85. The van der Waals surface area contributed by atoms with Gasteiger partial charge in [0.25, 0.3) is 0 Å². The van der Waals surface area contributed by atoms with Gasteiger partial charge in [0.1, 0.15) is 11.4 Å². The van der Waals surface area contributed by atoms with Crippen LogP contribution in [0.5, 0.6) is 0 Å². The van der Waals surface area contributed by atoms with E-state index >= 15 is 0 Å². The van der Waals surface area contributed by atoms with E-state index in [0.29, 0.717) is 0 Å². The van der Waals surface area contributed by atoms with Crippen LogP contribution in [0.1, 0.15) is 44.9 Å². The van der Waals surface area contributed by atoms with Crippen LogP contribution in [0, 0.1) is 0 Å². The molecule has 2 aliphatic rings. The summed E-state index contributed by atoms with van der Waals surface area (Å²) in [5.74, 6) is 1.77. The highest BCUT2D eigenvalue weighted by molar-refractivity contribution is 5.68. The maximum absolute atomic E-state index is 12.1. The maximum atomic E-state index is 12.1. The van der Waals surface area contributed by atoms with Crippen LogP contribution in [-0.2, 0) is 17.6 Å². The highest BCUT2D eigenvalue weighted by Gasteiger charge is 2.30. The van der Waals surface area contributed by atoms with Crippen LogP contribution in [0.3, 0.4) is 0 Å². The summed E-state index contributed by atoms with van der Waals surface area (Å²) in [6.45, 7) is 7.22. The lowest BCUT2D eigenvalue weighted by atomic mass is 10.2. The molecule has 28 heavy (non-hydrogen) atoms. The molecule has 1 aliphatic heterocycles. The van der Waals surface area contributed by atoms with E-state index < -0.39 is 5.60 Å². The summed E-state index contributed by atoms with van der Waals surface area (Å²) in [5, 5.41) is 2.99. The Bertz CT molecular complexity index is 863. The molecule has 3 heterocycles. The van der Waals surface area contributed by atoms with Crippen molar-refractivity contribution < 1.29 is 9.53 Å². The molecular weight excluding hydrogens is 354 g/mol. The number of amides is 1. The Morgan fingerprint density at radius 3 is 2.75 bits per heavy atom. The van der Waals surface area contributed by atoms with Gasteiger partial charge in [-0.3, -0.25) is 4.98 Å². The van der Waals surface area contributed by atoms with E-state index in [0.717, 1.165) is 61.7 Å². The van der Waals surface area contributed by atoms with Crippen molar-refractivity contribution in [2.24, 2.45) is 0 Å². The smallest absolute Gasteiger partial charge is 0.407 e. The van der Waals surface area contributed by atoms with Crippen molar-refractivity contribution in [2.75, 3.05) is 18.0 Å². The quantitative estimate of drug-likeness (QED) is 0.880. The molecule has 4 rings (SSSR count). The van der Waals surface area contributed by atoms with E-state index in [1.54, 1.807) is 12.4 Å². The first kappa shape index (κ1) is 18.7. The van der Waals surface area contributed by atoms with Gasteiger partial charge in [-0.05, 0) is 58.6 Å². The topological polar surface area (TPSA) is 80.2 Å². The number of hydrogen-bond acceptors (Lipinski definition) is 6. The molecule has 2 aromatic heterocycles. The van der Waals surface area contributed by atoms with Crippen LogP contribution in [0.15, 0.2) is 24.5 Å². The van der Waals surface area contributed by atoms with Crippen molar-refractivity contribution in [1.29, 1.82) is 0 Å². The number of aryl methyl sites for hydroxylation is 1. The largest absolute Gasteiger partial charge is 0.444 e. The van der Waals surface area contributed by atoms with Gasteiger partial charge < -0.3 is 15.0 Å². The van der Waals surface area contributed by atoms with Crippen molar-refractivity contribution >= 4 is 11.9 Å². The summed E-state index contributed by atoms with van der Waals surface area (Å²) in [6, 6.07) is 3.94. The van der Waals surface area contributed by atoms with Crippen molar-refractivity contribution in [3.8, 4) is 11.4 Å². The van der Waals surface area contributed by atoms with Crippen LogP contribution >= 0.6 is 0 Å². The van der Waals surface area contributed by atoms with Gasteiger partial charge >= 0.3 is 6.09 Å². The third-order valence-corrected chi connectivity index (χ3v) is 5.06. The Balaban J connectivity index is 1.53. The average molecular weight is 381 g/mol. The van der Waals surface area contributed by atoms with Gasteiger partial charge in [-0.1, -0.05) is 0 Å². The number of anilines is 1. The number of hydrogen-bond donors (Lipinski definition) is 1. The third kappa shape index (κ3) is 4.08. The van der Waals surface area contributed by atoms with Crippen LogP contribution in [0.4, 0.5) is 10.6 Å². The lowest BCUT2D eigenvalue weighted by Crippen LogP contribution is -2.40. The summed E-state index contributed by atoms with van der Waals surface area (Å²) in [7, 11) is 0. The molecule has 1 atom stereocenters. The number of alkyl carbamates (subject to hydrolysis) is 1. The zero-order chi connectivity index (χ0) is 19.7. The van der Waals surface area contributed by atoms with Crippen molar-refractivity contribution in [2.45, 2.75) is 58.1 Å². The second kappa shape index (κ2) is 7.37. The number of carbonyl (C=O) groups excluding carboxylic acids is 1. The molecule has 7 nitrogen and oxygen atoms in total. The Labute approximate surface area is 165 Å². The summed E-state index contributed by atoms with van der Waals surface area (Å²) in [5.41, 5.74) is 2.90. The first-order valence-corrected chi connectivity index (χ1v) is 9.94. The van der Waals surface area contributed by atoms with Crippen LogP contribution in [-0.4, -0.2) is 45.8 Å². The minimum absolute atomic E-state index is 0.0613. The molecule has 0 saturated carbocycles. The molecule has 1 amide bonds. The minimum Gasteiger partial charge on any atom is -0.444 e. The van der Waals surface area contributed by atoms with E-state index in [1.807, 2.05) is 32.9 Å². The van der Waals surface area contributed by atoms with Gasteiger partial charge in [0, 0.05) is 42.3 Å². The summed E-state index contributed by atoms with van der Waals surface area (Å²) in [6.07, 6.45) is 7.18. The predicted octanol–water partition coefficient (Wildman–Crippen LogP) is 3.13. The molecular formula is C21H27N5O2. The van der Waals surface area contributed by atoms with Gasteiger partial charge in [-0.15, -0.1) is 0 Å². The molecule has 7 heteroatoms. The molecule has 2 aromatic rings. The molecule has 0 spiro atoms. The zero-order valence-electron chi connectivity index (χ0n) is 16.7. The van der Waals surface area contributed by atoms with Crippen molar-refractivity contribution in [3.63, 3.8) is 0 Å². The Kier molecular flexibility index (Phi) is 4.91. The Morgan fingerprint density at radius 1 is 1.21 bits per heavy atom. The van der Waals surface area contributed by atoms with E-state index in [9.17, 15) is 4.79 Å². The van der Waals surface area contributed by atoms with Crippen LogP contribution in [0.2, 0.25) is 0 Å². The van der Waals surface area contributed by atoms with Crippen LogP contribution < -0.4 is 10.2 Å². The molecule has 1 unspecified atom stereocenters. The van der Waals surface area contributed by atoms with Gasteiger partial charge in [-0.2, -0.15) is 0 Å². The van der Waals surface area contributed by atoms with E-state index in [1.165, 1.54) is 5.56 Å². The summed E-state index contributed by atoms with van der Waals surface area (Å²) >= 11 is 0. The molecule has 1 aliphatic carbocycles. The van der Waals surface area contributed by atoms with E-state index in [2.05, 4.69) is 15.2 Å². The number of aromatic nitrogens is 3. The van der Waals surface area contributed by atoms with E-state index in [-0.39, 0.29) is 12.1 Å². The predicted molar refractivity (Wildman–Crippen MR) is 107 cm³/mol. The van der Waals surface area contributed by atoms with E-state index in [4.69, 9.17) is 14.7 Å². The molecule has 0 aromatic carbocycles. The molecule has 1 fully saturated rings. The molecule has 148 valence electrons. The second-order valence-electron chi connectivity index (χ2n) is 8.46. The summed E-state index contributed by atoms with van der Waals surface area (Å²) in [4.78, 5) is 28.2. The Hall–Kier alpha value is -2.70. The van der Waals surface area contributed by atoms with Gasteiger partial charge in [0.15, 0.2) is 5.82 Å². The van der Waals surface area contributed by atoms with Gasteiger partial charge in [0.05, 0.1) is 6.04 Å². The van der Waals surface area contributed by atoms with Crippen molar-refractivity contribution in [1.82, 2.24) is 20.3 Å². The molecule has 1 N–H and O–H groups in total. The normalized spacial score (nSPS) is 18.8. The number of pyridine rings is 1. The highest BCUT2D eigenvalue weighted by atomic mass is 16.6. The first-order valence-electron chi connectivity index (χ1n) is 9.94. The lowest BCUT2D eigenvalue weighted by Gasteiger charge is -2.23. The fourth-order valence-electron chi connectivity index (χ4n) is 3.85. The third-order valence-electron chi connectivity index (χ3n) is 5.06. The SMILES string of the molecule is CC(C)(C)OC(=O)NC1CCN(c2nc(-c3ccncc3)nc3c2CCC3)C1. The number of carbonyl (C=O) groups is 1. The second-order valence-corrected chi connectivity index (χ2v) is 8.46. The monoisotopic (exact) mass is 381 g/mol. The maximum Gasteiger partial charge on any atom is 0.407 e.